The molecule has 2 aromatic rings. The highest BCUT2D eigenvalue weighted by atomic mass is 35.5. The molecule has 3 rings (SSSR count). The van der Waals surface area contributed by atoms with E-state index in [0.29, 0.717) is 11.2 Å². The number of thiazole rings is 2. The van der Waals surface area contributed by atoms with E-state index in [-0.39, 0.29) is 12.4 Å². The van der Waals surface area contributed by atoms with Gasteiger partial charge in [0.25, 0.3) is 0 Å². The van der Waals surface area contributed by atoms with Crippen LogP contribution in [0.15, 0.2) is 17.8 Å². The molecule has 2 N–H and O–H groups in total. The first-order valence-electron chi connectivity index (χ1n) is 6.78. The van der Waals surface area contributed by atoms with Gasteiger partial charge in [-0.3, -0.25) is 9.80 Å². The third kappa shape index (κ3) is 4.14. The number of nitrogens with zero attached hydrogens (tertiary/aromatic N) is 4. The Balaban J connectivity index is 0.00000161. The number of anilines is 1. The molecule has 8 heteroatoms. The summed E-state index contributed by atoms with van der Waals surface area (Å²) < 4.78 is 0. The summed E-state index contributed by atoms with van der Waals surface area (Å²) >= 11 is 3.33. The molecule has 1 saturated heterocycles. The van der Waals surface area contributed by atoms with Gasteiger partial charge in [0.2, 0.25) is 0 Å². The second-order valence-corrected chi connectivity index (χ2v) is 7.10. The van der Waals surface area contributed by atoms with Gasteiger partial charge in [-0.1, -0.05) is 0 Å². The topological polar surface area (TPSA) is 58.3 Å². The van der Waals surface area contributed by atoms with Crippen LogP contribution in [0, 0.1) is 0 Å². The maximum absolute atomic E-state index is 5.67. The molecule has 3 heterocycles. The molecule has 1 unspecified atom stereocenters. The van der Waals surface area contributed by atoms with Crippen LogP contribution in [0.25, 0.3) is 0 Å². The molecular formula is C13H20ClN5S2. The van der Waals surface area contributed by atoms with Gasteiger partial charge < -0.3 is 5.73 Å². The van der Waals surface area contributed by atoms with Crippen molar-refractivity contribution < 1.29 is 0 Å². The van der Waals surface area contributed by atoms with Crippen molar-refractivity contribution >= 4 is 40.2 Å². The Morgan fingerprint density at radius 3 is 2.62 bits per heavy atom. The van der Waals surface area contributed by atoms with Crippen LogP contribution in [-0.4, -0.2) is 45.9 Å². The molecule has 0 radical (unpaired) electrons. The fourth-order valence-electron chi connectivity index (χ4n) is 2.52. The summed E-state index contributed by atoms with van der Waals surface area (Å²) in [4.78, 5) is 14.8. The van der Waals surface area contributed by atoms with Gasteiger partial charge in [-0.15, -0.1) is 35.1 Å². The Kier molecular flexibility index (Phi) is 5.95. The van der Waals surface area contributed by atoms with Gasteiger partial charge in [0.1, 0.15) is 5.01 Å². The summed E-state index contributed by atoms with van der Waals surface area (Å²) in [5.74, 6) is 0. The molecule has 116 valence electrons. The van der Waals surface area contributed by atoms with E-state index in [1.165, 1.54) is 9.88 Å². The molecule has 0 amide bonds. The number of halogens is 1. The van der Waals surface area contributed by atoms with Crippen molar-refractivity contribution in [2.75, 3.05) is 31.9 Å². The van der Waals surface area contributed by atoms with Gasteiger partial charge in [-0.05, 0) is 6.92 Å². The van der Waals surface area contributed by atoms with E-state index >= 15 is 0 Å². The quantitative estimate of drug-likeness (QED) is 0.922. The molecule has 0 bridgehead atoms. The van der Waals surface area contributed by atoms with Crippen molar-refractivity contribution in [3.8, 4) is 0 Å². The third-order valence-electron chi connectivity index (χ3n) is 3.71. The highest BCUT2D eigenvalue weighted by molar-refractivity contribution is 7.15. The smallest absolute Gasteiger partial charge is 0.180 e. The van der Waals surface area contributed by atoms with Crippen molar-refractivity contribution in [2.24, 2.45) is 0 Å². The summed E-state index contributed by atoms with van der Waals surface area (Å²) in [5.41, 5.74) is 5.67. The number of rotatable bonds is 4. The lowest BCUT2D eigenvalue weighted by Crippen LogP contribution is -2.46. The van der Waals surface area contributed by atoms with Gasteiger partial charge in [0, 0.05) is 55.4 Å². The second-order valence-electron chi connectivity index (χ2n) is 5.02. The van der Waals surface area contributed by atoms with Crippen LogP contribution >= 0.6 is 35.1 Å². The van der Waals surface area contributed by atoms with Crippen LogP contribution in [0.1, 0.15) is 22.9 Å². The molecule has 5 nitrogen and oxygen atoms in total. The number of hydrogen-bond acceptors (Lipinski definition) is 7. The monoisotopic (exact) mass is 345 g/mol. The predicted molar refractivity (Wildman–Crippen MR) is 91.2 cm³/mol. The van der Waals surface area contributed by atoms with Crippen molar-refractivity contribution in [3.05, 3.63) is 27.7 Å². The number of nitrogen functional groups attached to an aromatic ring is 1. The van der Waals surface area contributed by atoms with Crippen LogP contribution in [-0.2, 0) is 6.54 Å². The van der Waals surface area contributed by atoms with Gasteiger partial charge in [-0.25, -0.2) is 9.97 Å². The lowest BCUT2D eigenvalue weighted by Gasteiger charge is -2.37. The third-order valence-corrected chi connectivity index (χ3v) is 5.47. The summed E-state index contributed by atoms with van der Waals surface area (Å²) in [6.45, 7) is 7.58. The minimum absolute atomic E-state index is 0. The molecule has 1 atom stereocenters. The maximum Gasteiger partial charge on any atom is 0.180 e. The van der Waals surface area contributed by atoms with Crippen LogP contribution in [0.5, 0.6) is 0 Å². The standard InChI is InChI=1S/C13H19N5S2.ClH/c1-10(12-15-2-7-19-12)18-5-3-17(4-6-18)9-11-8-16-13(14)20-11;/h2,7-8,10H,3-6,9H2,1H3,(H2,14,16);1H. The summed E-state index contributed by atoms with van der Waals surface area (Å²) in [7, 11) is 0. The highest BCUT2D eigenvalue weighted by Crippen LogP contribution is 2.24. The number of hydrogen-bond donors (Lipinski definition) is 1. The molecule has 1 aliphatic rings. The average molecular weight is 346 g/mol. The molecule has 1 fully saturated rings. The first-order valence-corrected chi connectivity index (χ1v) is 8.48. The fraction of sp³-hybridized carbons (Fsp3) is 0.538. The van der Waals surface area contributed by atoms with Crippen LogP contribution < -0.4 is 5.73 Å². The molecule has 2 aromatic heterocycles. The highest BCUT2D eigenvalue weighted by Gasteiger charge is 2.23. The Hall–Kier alpha value is -0.730. The first-order chi connectivity index (χ1) is 9.72. The zero-order valence-electron chi connectivity index (χ0n) is 11.9. The van der Waals surface area contributed by atoms with Crippen LogP contribution in [0.3, 0.4) is 0 Å². The molecule has 1 aliphatic heterocycles. The fourth-order valence-corrected chi connectivity index (χ4v) is 3.98. The van der Waals surface area contributed by atoms with E-state index in [1.54, 1.807) is 22.7 Å². The van der Waals surface area contributed by atoms with Crippen LogP contribution in [0.4, 0.5) is 5.13 Å². The Morgan fingerprint density at radius 1 is 1.29 bits per heavy atom. The van der Waals surface area contributed by atoms with Gasteiger partial charge in [0.15, 0.2) is 5.13 Å². The number of aromatic nitrogens is 2. The van der Waals surface area contributed by atoms with E-state index in [4.69, 9.17) is 5.73 Å². The van der Waals surface area contributed by atoms with Crippen LogP contribution in [0.2, 0.25) is 0 Å². The molecule has 0 aromatic carbocycles. The van der Waals surface area contributed by atoms with E-state index in [1.807, 2.05) is 12.4 Å². The zero-order chi connectivity index (χ0) is 13.9. The summed E-state index contributed by atoms with van der Waals surface area (Å²) in [6, 6.07) is 0.427. The van der Waals surface area contributed by atoms with E-state index in [9.17, 15) is 0 Å². The lowest BCUT2D eigenvalue weighted by atomic mass is 10.2. The van der Waals surface area contributed by atoms with Gasteiger partial charge in [0.05, 0.1) is 6.04 Å². The molecule has 21 heavy (non-hydrogen) atoms. The van der Waals surface area contributed by atoms with E-state index in [0.717, 1.165) is 32.7 Å². The second kappa shape index (κ2) is 7.51. The average Bonchev–Trinajstić information content (AvgIpc) is 3.11. The van der Waals surface area contributed by atoms with Gasteiger partial charge >= 0.3 is 0 Å². The summed E-state index contributed by atoms with van der Waals surface area (Å²) in [6.07, 6.45) is 3.78. The predicted octanol–water partition coefficient (Wildman–Crippen LogP) is 2.48. The summed E-state index contributed by atoms with van der Waals surface area (Å²) in [5, 5.41) is 3.93. The van der Waals surface area contributed by atoms with E-state index in [2.05, 4.69) is 32.1 Å². The first kappa shape index (κ1) is 16.6. The SMILES string of the molecule is CC(c1nccs1)N1CCN(Cc2cnc(N)s2)CC1.Cl. The number of nitrogens with two attached hydrogens (primary N) is 1. The Bertz CT molecular complexity index is 537. The van der Waals surface area contributed by atoms with Crippen molar-refractivity contribution in [1.29, 1.82) is 0 Å². The minimum atomic E-state index is 0. The van der Waals surface area contributed by atoms with Crippen molar-refractivity contribution in [2.45, 2.75) is 19.5 Å². The minimum Gasteiger partial charge on any atom is -0.375 e. The normalized spacial score (nSPS) is 18.3. The Labute approximate surface area is 139 Å². The van der Waals surface area contributed by atoms with Crippen molar-refractivity contribution in [1.82, 2.24) is 19.8 Å². The number of piperazine rings is 1. The zero-order valence-corrected chi connectivity index (χ0v) is 14.4. The molecule has 0 spiro atoms. The molecule has 0 aliphatic carbocycles. The van der Waals surface area contributed by atoms with E-state index < -0.39 is 0 Å². The van der Waals surface area contributed by atoms with Crippen molar-refractivity contribution in [3.63, 3.8) is 0 Å². The Morgan fingerprint density at radius 2 is 2.05 bits per heavy atom. The lowest BCUT2D eigenvalue weighted by molar-refractivity contribution is 0.0983. The van der Waals surface area contributed by atoms with Gasteiger partial charge in [-0.2, -0.15) is 0 Å². The molecular weight excluding hydrogens is 326 g/mol. The molecule has 0 saturated carbocycles. The largest absolute Gasteiger partial charge is 0.375 e. The maximum atomic E-state index is 5.67.